The first-order valence-corrected chi connectivity index (χ1v) is 8.17. The molecule has 1 aliphatic heterocycles. The number of carbonyl (C=O) groups excluding carboxylic acids is 1. The molecule has 1 unspecified atom stereocenters. The number of fused-ring (bicyclic) bond motifs is 1. The Bertz CT molecular complexity index is 811. The van der Waals surface area contributed by atoms with E-state index in [1.807, 2.05) is 6.07 Å². The second-order valence-electron chi connectivity index (χ2n) is 5.36. The van der Waals surface area contributed by atoms with Crippen LogP contribution in [0.5, 0.6) is 0 Å². The largest absolute Gasteiger partial charge is 0.362 e. The summed E-state index contributed by atoms with van der Waals surface area (Å²) >= 11 is 11.7. The van der Waals surface area contributed by atoms with Gasteiger partial charge in [0.2, 0.25) is 5.72 Å². The maximum Gasteiger partial charge on any atom is 0.253 e. The van der Waals surface area contributed by atoms with Gasteiger partial charge in [0, 0.05) is 16.1 Å². The third-order valence-electron chi connectivity index (χ3n) is 3.80. The molecule has 0 saturated heterocycles. The fourth-order valence-corrected chi connectivity index (χ4v) is 2.97. The number of hydrogen-bond donors (Lipinski definition) is 2. The van der Waals surface area contributed by atoms with Gasteiger partial charge >= 0.3 is 0 Å². The predicted molar refractivity (Wildman–Crippen MR) is 94.4 cm³/mol. The lowest BCUT2D eigenvalue weighted by molar-refractivity contribution is -0.131. The van der Waals surface area contributed by atoms with Crippen LogP contribution in [0.15, 0.2) is 53.5 Å². The van der Waals surface area contributed by atoms with E-state index in [9.17, 15) is 9.90 Å². The van der Waals surface area contributed by atoms with Gasteiger partial charge in [-0.3, -0.25) is 10.2 Å². The lowest BCUT2D eigenvalue weighted by Crippen LogP contribution is -2.59. The van der Waals surface area contributed by atoms with E-state index in [0.717, 1.165) is 0 Å². The van der Waals surface area contributed by atoms with E-state index in [4.69, 9.17) is 23.2 Å². The number of hydrazine groups is 1. The topological polar surface area (TPSA) is 64.9 Å². The molecule has 0 bridgehead atoms. The summed E-state index contributed by atoms with van der Waals surface area (Å²) in [4.78, 5) is 16.3. The third kappa shape index (κ3) is 2.75. The molecule has 124 valence electrons. The summed E-state index contributed by atoms with van der Waals surface area (Å²) in [5.74, 6) is -0.266. The maximum atomic E-state index is 11.8. The summed E-state index contributed by atoms with van der Waals surface area (Å²) in [5.41, 5.74) is 2.57. The van der Waals surface area contributed by atoms with E-state index in [2.05, 4.69) is 10.4 Å². The van der Waals surface area contributed by atoms with E-state index >= 15 is 0 Å². The molecule has 2 N–H and O–H groups in total. The number of nitrogens with one attached hydrogen (secondary N) is 1. The lowest BCUT2D eigenvalue weighted by atomic mass is 9.91. The van der Waals surface area contributed by atoms with Crippen LogP contribution in [0.1, 0.15) is 18.1 Å². The summed E-state index contributed by atoms with van der Waals surface area (Å²) in [6, 6.07) is 14.1. The number of amidine groups is 1. The first kappa shape index (κ1) is 16.8. The van der Waals surface area contributed by atoms with E-state index in [1.54, 1.807) is 49.4 Å². The highest BCUT2D eigenvalue weighted by atomic mass is 35.5. The predicted octanol–water partition coefficient (Wildman–Crippen LogP) is 3.17. The number of aliphatic imine (C=N–C) groups is 1. The smallest absolute Gasteiger partial charge is 0.253 e. The second-order valence-corrected chi connectivity index (χ2v) is 6.07. The third-order valence-corrected chi connectivity index (χ3v) is 4.28. The number of amides is 1. The normalized spacial score (nSPS) is 19.5. The molecule has 2 aromatic rings. The number of aliphatic hydroxyl groups is 1. The minimum absolute atomic E-state index is 0.239. The molecule has 1 atom stereocenters. The van der Waals surface area contributed by atoms with Crippen LogP contribution in [0, 0.1) is 0 Å². The fourth-order valence-electron chi connectivity index (χ4n) is 2.74. The summed E-state index contributed by atoms with van der Waals surface area (Å²) in [6.07, 6.45) is 0. The van der Waals surface area contributed by atoms with Crippen LogP contribution < -0.4 is 5.43 Å². The average Bonchev–Trinajstić information content (AvgIpc) is 2.60. The van der Waals surface area contributed by atoms with Crippen molar-refractivity contribution in [1.82, 2.24) is 10.4 Å². The molecule has 0 fully saturated rings. The second kappa shape index (κ2) is 6.43. The molecule has 0 aliphatic carbocycles. The zero-order chi connectivity index (χ0) is 17.3. The Kier molecular flexibility index (Phi) is 4.49. The summed E-state index contributed by atoms with van der Waals surface area (Å²) in [6.45, 7) is 1.69. The van der Waals surface area contributed by atoms with E-state index in [0.29, 0.717) is 27.7 Å². The van der Waals surface area contributed by atoms with Crippen molar-refractivity contribution in [3.8, 4) is 0 Å². The van der Waals surface area contributed by atoms with Crippen molar-refractivity contribution >= 4 is 40.6 Å². The molecule has 2 aromatic carbocycles. The van der Waals surface area contributed by atoms with Gasteiger partial charge in [0.1, 0.15) is 11.7 Å². The minimum atomic E-state index is -1.66. The van der Waals surface area contributed by atoms with Crippen LogP contribution in [0.25, 0.3) is 0 Å². The number of benzene rings is 2. The van der Waals surface area contributed by atoms with Gasteiger partial charge in [-0.15, -0.1) is 11.6 Å². The Balaban J connectivity index is 2.24. The molecule has 1 heterocycles. The van der Waals surface area contributed by atoms with Crippen LogP contribution in [0.4, 0.5) is 5.69 Å². The number of nitrogens with zero attached hydrogens (tertiary/aromatic N) is 2. The van der Waals surface area contributed by atoms with Gasteiger partial charge in [0.15, 0.2) is 0 Å². The molecule has 24 heavy (non-hydrogen) atoms. The van der Waals surface area contributed by atoms with Crippen molar-refractivity contribution < 1.29 is 9.90 Å². The highest BCUT2D eigenvalue weighted by Crippen LogP contribution is 2.42. The molecule has 7 heteroatoms. The SMILES string of the molecule is CC1=Nc2ccc(Cl)cc2C(O)(c2ccccc2)N1NC(=O)CCl. The zero-order valence-corrected chi connectivity index (χ0v) is 14.3. The molecule has 0 spiro atoms. The van der Waals surface area contributed by atoms with Crippen molar-refractivity contribution in [2.24, 2.45) is 4.99 Å². The minimum Gasteiger partial charge on any atom is -0.362 e. The molecule has 3 rings (SSSR count). The van der Waals surface area contributed by atoms with Crippen molar-refractivity contribution in [2.45, 2.75) is 12.6 Å². The zero-order valence-electron chi connectivity index (χ0n) is 12.8. The Hall–Kier alpha value is -2.08. The lowest BCUT2D eigenvalue weighted by Gasteiger charge is -2.44. The molecule has 0 aromatic heterocycles. The van der Waals surface area contributed by atoms with Gasteiger partial charge in [-0.25, -0.2) is 10.0 Å². The van der Waals surface area contributed by atoms with Crippen LogP contribution in [-0.4, -0.2) is 27.7 Å². The highest BCUT2D eigenvalue weighted by molar-refractivity contribution is 6.30. The molecule has 1 amide bonds. The Morgan fingerprint density at radius 2 is 2.00 bits per heavy atom. The van der Waals surface area contributed by atoms with Crippen LogP contribution in [0.3, 0.4) is 0 Å². The molecule has 5 nitrogen and oxygen atoms in total. The molecule has 0 saturated carbocycles. The summed E-state index contributed by atoms with van der Waals surface area (Å²) < 4.78 is 0. The Morgan fingerprint density at radius 3 is 2.67 bits per heavy atom. The van der Waals surface area contributed by atoms with Crippen LogP contribution >= 0.6 is 23.2 Å². The summed E-state index contributed by atoms with van der Waals surface area (Å²) in [7, 11) is 0. The van der Waals surface area contributed by atoms with E-state index in [-0.39, 0.29) is 5.88 Å². The summed E-state index contributed by atoms with van der Waals surface area (Å²) in [5, 5.41) is 13.4. The average molecular weight is 364 g/mol. The van der Waals surface area contributed by atoms with Crippen molar-refractivity contribution in [3.05, 3.63) is 64.7 Å². The van der Waals surface area contributed by atoms with Crippen LogP contribution in [0.2, 0.25) is 5.02 Å². The van der Waals surface area contributed by atoms with Crippen molar-refractivity contribution in [2.75, 3.05) is 5.88 Å². The Labute approximate surface area is 149 Å². The highest BCUT2D eigenvalue weighted by Gasteiger charge is 2.44. The number of rotatable bonds is 3. The molecular formula is C17H15Cl2N3O2. The van der Waals surface area contributed by atoms with E-state index in [1.165, 1.54) is 5.01 Å². The van der Waals surface area contributed by atoms with Crippen molar-refractivity contribution in [3.63, 3.8) is 0 Å². The number of hydrogen-bond acceptors (Lipinski definition) is 4. The number of alkyl halides is 1. The quantitative estimate of drug-likeness (QED) is 0.823. The first-order chi connectivity index (χ1) is 11.5. The van der Waals surface area contributed by atoms with Gasteiger partial charge < -0.3 is 5.11 Å². The number of carbonyl (C=O) groups is 1. The number of halogens is 2. The van der Waals surface area contributed by atoms with E-state index < -0.39 is 11.6 Å². The molecule has 1 aliphatic rings. The maximum absolute atomic E-state index is 11.8. The first-order valence-electron chi connectivity index (χ1n) is 7.25. The Morgan fingerprint density at radius 1 is 1.29 bits per heavy atom. The van der Waals surface area contributed by atoms with Crippen LogP contribution in [-0.2, 0) is 10.5 Å². The van der Waals surface area contributed by atoms with Gasteiger partial charge in [0.25, 0.3) is 5.91 Å². The van der Waals surface area contributed by atoms with Gasteiger partial charge in [0.05, 0.1) is 5.69 Å². The molecular weight excluding hydrogens is 349 g/mol. The van der Waals surface area contributed by atoms with Gasteiger partial charge in [-0.1, -0.05) is 41.9 Å². The molecule has 0 radical (unpaired) electrons. The van der Waals surface area contributed by atoms with Gasteiger partial charge in [-0.05, 0) is 25.1 Å². The standard InChI is InChI=1S/C17H15Cl2N3O2/c1-11-20-15-8-7-13(19)9-14(15)17(24,12-5-3-2-4-6-12)22(11)21-16(23)10-18/h2-9,24H,10H2,1H3,(H,21,23). The monoisotopic (exact) mass is 363 g/mol. The van der Waals surface area contributed by atoms with Crippen molar-refractivity contribution in [1.29, 1.82) is 0 Å². The fraction of sp³-hybridized carbons (Fsp3) is 0.176. The van der Waals surface area contributed by atoms with Gasteiger partial charge in [-0.2, -0.15) is 0 Å².